The molecule has 1 aliphatic rings. The second kappa shape index (κ2) is 6.74. The first-order valence-corrected chi connectivity index (χ1v) is 9.15. The molecule has 6 heteroatoms. The molecule has 19 heavy (non-hydrogen) atoms. The highest BCUT2D eigenvalue weighted by Gasteiger charge is 2.21. The second-order valence-corrected chi connectivity index (χ2v) is 7.63. The van der Waals surface area contributed by atoms with Gasteiger partial charge in [-0.2, -0.15) is 11.8 Å². The Hall–Kier alpha value is -0.560. The Morgan fingerprint density at radius 2 is 1.84 bits per heavy atom. The number of hydrogen-bond acceptors (Lipinski definition) is 4. The van der Waals surface area contributed by atoms with Crippen molar-refractivity contribution in [3.05, 3.63) is 29.8 Å². The fourth-order valence-corrected chi connectivity index (χ4v) is 4.52. The summed E-state index contributed by atoms with van der Waals surface area (Å²) in [5.74, 6) is 2.06. The van der Waals surface area contributed by atoms with E-state index < -0.39 is 10.0 Å². The van der Waals surface area contributed by atoms with Gasteiger partial charge < -0.3 is 5.73 Å². The van der Waals surface area contributed by atoms with Crippen LogP contribution in [0.3, 0.4) is 0 Å². The van der Waals surface area contributed by atoms with Crippen LogP contribution in [0.4, 0.5) is 0 Å². The van der Waals surface area contributed by atoms with Crippen LogP contribution in [-0.2, 0) is 16.4 Å². The van der Waals surface area contributed by atoms with Crippen LogP contribution in [0.15, 0.2) is 29.2 Å². The van der Waals surface area contributed by atoms with Gasteiger partial charge in [0.2, 0.25) is 10.0 Å². The highest BCUT2D eigenvalue weighted by Crippen LogP contribution is 2.19. The molecule has 0 radical (unpaired) electrons. The van der Waals surface area contributed by atoms with E-state index in [1.165, 1.54) is 0 Å². The van der Waals surface area contributed by atoms with Gasteiger partial charge in [0, 0.05) is 6.04 Å². The lowest BCUT2D eigenvalue weighted by Crippen LogP contribution is -2.37. The van der Waals surface area contributed by atoms with Crippen molar-refractivity contribution in [3.63, 3.8) is 0 Å². The van der Waals surface area contributed by atoms with Gasteiger partial charge in [-0.3, -0.25) is 0 Å². The van der Waals surface area contributed by atoms with Crippen molar-refractivity contribution in [2.45, 2.75) is 30.2 Å². The summed E-state index contributed by atoms with van der Waals surface area (Å²) >= 11 is 1.88. The molecular weight excluding hydrogens is 280 g/mol. The van der Waals surface area contributed by atoms with Crippen LogP contribution >= 0.6 is 11.8 Å². The number of sulfonamides is 1. The minimum absolute atomic E-state index is 0.0787. The molecule has 1 heterocycles. The molecule has 1 saturated heterocycles. The third-order valence-corrected chi connectivity index (χ3v) is 5.79. The molecule has 106 valence electrons. The Kier molecular flexibility index (Phi) is 5.27. The minimum Gasteiger partial charge on any atom is -0.330 e. The molecule has 0 unspecified atom stereocenters. The SMILES string of the molecule is NCCc1ccc(S(=O)(=O)NC2CCSCC2)cc1. The predicted molar refractivity (Wildman–Crippen MR) is 79.9 cm³/mol. The molecule has 0 amide bonds. The summed E-state index contributed by atoms with van der Waals surface area (Å²) in [4.78, 5) is 0.339. The number of benzene rings is 1. The van der Waals surface area contributed by atoms with Gasteiger partial charge in [-0.25, -0.2) is 13.1 Å². The van der Waals surface area contributed by atoms with Gasteiger partial charge in [0.15, 0.2) is 0 Å². The first-order valence-electron chi connectivity index (χ1n) is 6.51. The van der Waals surface area contributed by atoms with E-state index in [0.717, 1.165) is 36.3 Å². The summed E-state index contributed by atoms with van der Waals surface area (Å²) < 4.78 is 27.3. The van der Waals surface area contributed by atoms with Gasteiger partial charge in [-0.1, -0.05) is 12.1 Å². The molecule has 0 atom stereocenters. The zero-order valence-corrected chi connectivity index (χ0v) is 12.5. The number of thioether (sulfide) groups is 1. The largest absolute Gasteiger partial charge is 0.330 e. The van der Waals surface area contributed by atoms with Crippen LogP contribution in [0.1, 0.15) is 18.4 Å². The molecule has 0 saturated carbocycles. The Morgan fingerprint density at radius 3 is 2.42 bits per heavy atom. The van der Waals surface area contributed by atoms with E-state index in [-0.39, 0.29) is 6.04 Å². The average molecular weight is 300 g/mol. The molecule has 0 aromatic heterocycles. The summed E-state index contributed by atoms with van der Waals surface area (Å²) in [5.41, 5.74) is 6.54. The highest BCUT2D eigenvalue weighted by molar-refractivity contribution is 7.99. The molecule has 0 aliphatic carbocycles. The molecular formula is C13H20N2O2S2. The van der Waals surface area contributed by atoms with Crippen molar-refractivity contribution in [2.24, 2.45) is 5.73 Å². The maximum Gasteiger partial charge on any atom is 0.240 e. The molecule has 3 N–H and O–H groups in total. The van der Waals surface area contributed by atoms with Crippen molar-refractivity contribution in [3.8, 4) is 0 Å². The van der Waals surface area contributed by atoms with Gasteiger partial charge in [0.1, 0.15) is 0 Å². The van der Waals surface area contributed by atoms with Crippen LogP contribution in [0.2, 0.25) is 0 Å². The third kappa shape index (κ3) is 4.21. The monoisotopic (exact) mass is 300 g/mol. The van der Waals surface area contributed by atoms with Crippen molar-refractivity contribution >= 4 is 21.8 Å². The normalized spacial score (nSPS) is 17.5. The Bertz CT molecular complexity index is 494. The standard InChI is InChI=1S/C13H20N2O2S2/c14-8-5-11-1-3-13(4-2-11)19(16,17)15-12-6-9-18-10-7-12/h1-4,12,15H,5-10,14H2. The maximum absolute atomic E-state index is 12.2. The fraction of sp³-hybridized carbons (Fsp3) is 0.538. The smallest absolute Gasteiger partial charge is 0.240 e. The lowest BCUT2D eigenvalue weighted by atomic mass is 10.2. The molecule has 1 aliphatic heterocycles. The van der Waals surface area contributed by atoms with Crippen LogP contribution in [-0.4, -0.2) is 32.5 Å². The van der Waals surface area contributed by atoms with E-state index in [9.17, 15) is 8.42 Å². The van der Waals surface area contributed by atoms with E-state index in [1.807, 2.05) is 23.9 Å². The fourth-order valence-electron chi connectivity index (χ4n) is 2.10. The average Bonchev–Trinajstić information content (AvgIpc) is 2.40. The summed E-state index contributed by atoms with van der Waals surface area (Å²) in [6.45, 7) is 0.573. The van der Waals surface area contributed by atoms with Crippen molar-refractivity contribution < 1.29 is 8.42 Å². The molecule has 1 fully saturated rings. The minimum atomic E-state index is -3.38. The van der Waals surface area contributed by atoms with Crippen LogP contribution in [0.25, 0.3) is 0 Å². The lowest BCUT2D eigenvalue weighted by molar-refractivity contribution is 0.529. The Balaban J connectivity index is 2.05. The van der Waals surface area contributed by atoms with E-state index in [4.69, 9.17) is 5.73 Å². The summed E-state index contributed by atoms with van der Waals surface area (Å²) in [6, 6.07) is 7.06. The van der Waals surface area contributed by atoms with Gasteiger partial charge in [-0.15, -0.1) is 0 Å². The lowest BCUT2D eigenvalue weighted by Gasteiger charge is -2.22. The third-order valence-electron chi connectivity index (χ3n) is 3.21. The molecule has 4 nitrogen and oxygen atoms in total. The maximum atomic E-state index is 12.2. The first kappa shape index (κ1) is 14.8. The Morgan fingerprint density at radius 1 is 1.21 bits per heavy atom. The topological polar surface area (TPSA) is 72.2 Å². The van der Waals surface area contributed by atoms with E-state index >= 15 is 0 Å². The van der Waals surface area contributed by atoms with Gasteiger partial charge in [0.25, 0.3) is 0 Å². The quantitative estimate of drug-likeness (QED) is 0.861. The van der Waals surface area contributed by atoms with E-state index in [0.29, 0.717) is 11.4 Å². The first-order chi connectivity index (χ1) is 9.12. The molecule has 2 rings (SSSR count). The van der Waals surface area contributed by atoms with Crippen LogP contribution in [0.5, 0.6) is 0 Å². The molecule has 0 spiro atoms. The van der Waals surface area contributed by atoms with Crippen molar-refractivity contribution in [2.75, 3.05) is 18.1 Å². The highest BCUT2D eigenvalue weighted by atomic mass is 32.2. The second-order valence-electron chi connectivity index (χ2n) is 4.69. The zero-order chi connectivity index (χ0) is 13.7. The molecule has 0 bridgehead atoms. The van der Waals surface area contributed by atoms with Crippen LogP contribution < -0.4 is 10.5 Å². The zero-order valence-electron chi connectivity index (χ0n) is 10.8. The summed E-state index contributed by atoms with van der Waals surface area (Å²) in [5, 5.41) is 0. The Labute approximate surface area is 119 Å². The van der Waals surface area contributed by atoms with Crippen molar-refractivity contribution in [1.29, 1.82) is 0 Å². The molecule has 1 aromatic rings. The number of nitrogens with one attached hydrogen (secondary N) is 1. The predicted octanol–water partition coefficient (Wildman–Crippen LogP) is 1.36. The van der Waals surface area contributed by atoms with E-state index in [2.05, 4.69) is 4.72 Å². The number of rotatable bonds is 5. The summed E-state index contributed by atoms with van der Waals surface area (Å²) in [7, 11) is -3.38. The van der Waals surface area contributed by atoms with Crippen LogP contribution in [0, 0.1) is 0 Å². The van der Waals surface area contributed by atoms with Crippen molar-refractivity contribution in [1.82, 2.24) is 4.72 Å². The number of nitrogens with two attached hydrogens (primary N) is 1. The van der Waals surface area contributed by atoms with Gasteiger partial charge in [-0.05, 0) is 55.0 Å². The summed E-state index contributed by atoms with van der Waals surface area (Å²) in [6.07, 6.45) is 2.60. The van der Waals surface area contributed by atoms with Gasteiger partial charge >= 0.3 is 0 Å². The van der Waals surface area contributed by atoms with E-state index in [1.54, 1.807) is 12.1 Å². The molecule has 1 aromatic carbocycles. The van der Waals surface area contributed by atoms with Gasteiger partial charge in [0.05, 0.1) is 4.90 Å². The number of hydrogen-bond donors (Lipinski definition) is 2.